The van der Waals surface area contributed by atoms with Crippen LogP contribution in [0, 0.1) is 0 Å². The zero-order chi connectivity index (χ0) is 19.6. The summed E-state index contributed by atoms with van der Waals surface area (Å²) in [5, 5.41) is 0. The van der Waals surface area contributed by atoms with Gasteiger partial charge in [0.05, 0.1) is 33.2 Å². The van der Waals surface area contributed by atoms with Crippen molar-refractivity contribution < 1.29 is 23.8 Å². The molecule has 6 heteroatoms. The molecule has 1 unspecified atom stereocenters. The topological polar surface area (TPSA) is 65.1 Å². The van der Waals surface area contributed by atoms with E-state index in [4.69, 9.17) is 14.2 Å². The lowest BCUT2D eigenvalue weighted by Crippen LogP contribution is -2.33. The first-order chi connectivity index (χ1) is 13.1. The van der Waals surface area contributed by atoms with Crippen molar-refractivity contribution in [2.75, 3.05) is 40.0 Å². The van der Waals surface area contributed by atoms with E-state index in [1.54, 1.807) is 21.0 Å². The van der Waals surface area contributed by atoms with Gasteiger partial charge in [-0.15, -0.1) is 0 Å². The number of methoxy groups -OCH3 is 1. The molecule has 27 heavy (non-hydrogen) atoms. The van der Waals surface area contributed by atoms with Crippen molar-refractivity contribution >= 4 is 11.9 Å². The number of carbonyl (C=O) groups excluding carboxylic acids is 2. The monoisotopic (exact) mass is 377 g/mol. The number of benzene rings is 1. The molecule has 0 heterocycles. The van der Waals surface area contributed by atoms with Crippen molar-refractivity contribution in [1.29, 1.82) is 0 Å². The summed E-state index contributed by atoms with van der Waals surface area (Å²) in [6.07, 6.45) is 2.77. The zero-order valence-corrected chi connectivity index (χ0v) is 16.7. The van der Waals surface area contributed by atoms with Crippen LogP contribution < -0.4 is 4.74 Å². The number of esters is 2. The van der Waals surface area contributed by atoms with Crippen molar-refractivity contribution in [3.63, 3.8) is 0 Å². The summed E-state index contributed by atoms with van der Waals surface area (Å²) in [5.41, 5.74) is 2.67. The average Bonchev–Trinajstić information content (AvgIpc) is 3.06. The second-order valence-corrected chi connectivity index (χ2v) is 6.71. The minimum absolute atomic E-state index is 0.202. The Hall–Kier alpha value is -2.08. The molecule has 1 atom stereocenters. The van der Waals surface area contributed by atoms with Gasteiger partial charge in [-0.2, -0.15) is 0 Å². The second kappa shape index (κ2) is 10.9. The van der Waals surface area contributed by atoms with E-state index in [-0.39, 0.29) is 11.9 Å². The van der Waals surface area contributed by atoms with E-state index in [2.05, 4.69) is 17.0 Å². The fourth-order valence-corrected chi connectivity index (χ4v) is 3.55. The molecule has 0 aromatic heterocycles. The summed E-state index contributed by atoms with van der Waals surface area (Å²) in [6, 6.07) is 6.25. The third-order valence-corrected chi connectivity index (χ3v) is 4.91. The highest BCUT2D eigenvalue weighted by molar-refractivity contribution is 5.70. The van der Waals surface area contributed by atoms with Crippen LogP contribution >= 0.6 is 0 Å². The van der Waals surface area contributed by atoms with Gasteiger partial charge in [0.2, 0.25) is 0 Å². The molecule has 0 spiro atoms. The normalized spacial score (nSPS) is 15.5. The maximum atomic E-state index is 11.8. The molecule has 0 saturated heterocycles. The Morgan fingerprint density at radius 1 is 1.07 bits per heavy atom. The van der Waals surface area contributed by atoms with Gasteiger partial charge >= 0.3 is 11.9 Å². The fraction of sp³-hybridized carbons (Fsp3) is 0.619. The Morgan fingerprint density at radius 3 is 2.26 bits per heavy atom. The SMILES string of the molecule is CCOC(=O)CCN(CCC(=O)OCC)CC1CCc2ccc(OC)cc21. The quantitative estimate of drug-likeness (QED) is 0.553. The second-order valence-electron chi connectivity index (χ2n) is 6.71. The van der Waals surface area contributed by atoms with Gasteiger partial charge in [-0.1, -0.05) is 6.07 Å². The van der Waals surface area contributed by atoms with Crippen LogP contribution in [0.15, 0.2) is 18.2 Å². The first kappa shape index (κ1) is 21.2. The number of hydrogen-bond acceptors (Lipinski definition) is 6. The standard InChI is InChI=1S/C21H31NO5/c1-4-26-20(23)10-12-22(13-11-21(24)27-5-2)15-17-7-6-16-8-9-18(25-3)14-19(16)17/h8-9,14,17H,4-7,10-13,15H2,1-3H3. The van der Waals surface area contributed by atoms with Crippen LogP contribution in [0.2, 0.25) is 0 Å². The third-order valence-electron chi connectivity index (χ3n) is 4.91. The molecule has 0 N–H and O–H groups in total. The molecule has 1 aliphatic rings. The minimum atomic E-state index is -0.202. The van der Waals surface area contributed by atoms with Crippen molar-refractivity contribution in [3.05, 3.63) is 29.3 Å². The molecule has 0 amide bonds. The largest absolute Gasteiger partial charge is 0.497 e. The molecule has 0 radical (unpaired) electrons. The molecule has 0 bridgehead atoms. The molecule has 150 valence electrons. The highest BCUT2D eigenvalue weighted by Gasteiger charge is 2.25. The van der Waals surface area contributed by atoms with E-state index in [1.807, 2.05) is 6.07 Å². The van der Waals surface area contributed by atoms with Crippen LogP contribution in [0.4, 0.5) is 0 Å². The van der Waals surface area contributed by atoms with Crippen molar-refractivity contribution in [2.45, 2.75) is 45.4 Å². The summed E-state index contributed by atoms with van der Waals surface area (Å²) >= 11 is 0. The van der Waals surface area contributed by atoms with Crippen LogP contribution in [0.3, 0.4) is 0 Å². The van der Waals surface area contributed by atoms with E-state index < -0.39 is 0 Å². The highest BCUT2D eigenvalue weighted by atomic mass is 16.5. The highest BCUT2D eigenvalue weighted by Crippen LogP contribution is 2.36. The Kier molecular flexibility index (Phi) is 8.58. The third kappa shape index (κ3) is 6.54. The van der Waals surface area contributed by atoms with E-state index in [1.165, 1.54) is 11.1 Å². The number of rotatable bonds is 11. The summed E-state index contributed by atoms with van der Waals surface area (Å²) in [5.74, 6) is 0.837. The van der Waals surface area contributed by atoms with Crippen molar-refractivity contribution in [2.24, 2.45) is 0 Å². The maximum absolute atomic E-state index is 11.8. The molecule has 6 nitrogen and oxygen atoms in total. The van der Waals surface area contributed by atoms with Crippen LogP contribution in [0.5, 0.6) is 5.75 Å². The first-order valence-electron chi connectivity index (χ1n) is 9.77. The molecule has 1 aromatic rings. The Morgan fingerprint density at radius 2 is 1.70 bits per heavy atom. The first-order valence-corrected chi connectivity index (χ1v) is 9.77. The molecular formula is C21H31NO5. The Labute approximate surface area is 161 Å². The van der Waals surface area contributed by atoms with Gasteiger partial charge < -0.3 is 19.1 Å². The summed E-state index contributed by atoms with van der Waals surface area (Å²) in [4.78, 5) is 25.7. The average molecular weight is 377 g/mol. The van der Waals surface area contributed by atoms with Crippen molar-refractivity contribution in [1.82, 2.24) is 4.90 Å². The number of aryl methyl sites for hydroxylation is 1. The number of ether oxygens (including phenoxy) is 3. The van der Waals surface area contributed by atoms with Gasteiger partial charge in [-0.05, 0) is 55.9 Å². The Balaban J connectivity index is 2.00. The number of fused-ring (bicyclic) bond motifs is 1. The number of hydrogen-bond donors (Lipinski definition) is 0. The molecule has 0 aliphatic heterocycles. The predicted molar refractivity (Wildman–Crippen MR) is 103 cm³/mol. The smallest absolute Gasteiger partial charge is 0.307 e. The van der Waals surface area contributed by atoms with Gasteiger partial charge in [0.25, 0.3) is 0 Å². The number of nitrogens with zero attached hydrogens (tertiary/aromatic N) is 1. The van der Waals surface area contributed by atoms with Gasteiger partial charge in [0, 0.05) is 19.6 Å². The number of carbonyl (C=O) groups is 2. The molecular weight excluding hydrogens is 346 g/mol. The van der Waals surface area contributed by atoms with Crippen molar-refractivity contribution in [3.8, 4) is 5.75 Å². The molecule has 0 saturated carbocycles. The van der Waals surface area contributed by atoms with Gasteiger partial charge in [-0.25, -0.2) is 0 Å². The molecule has 2 rings (SSSR count). The maximum Gasteiger partial charge on any atom is 0.307 e. The lowest BCUT2D eigenvalue weighted by atomic mass is 10.00. The fourth-order valence-electron chi connectivity index (χ4n) is 3.55. The lowest BCUT2D eigenvalue weighted by molar-refractivity contribution is -0.143. The molecule has 1 aliphatic carbocycles. The summed E-state index contributed by atoms with van der Waals surface area (Å²) < 4.78 is 15.4. The molecule has 0 fully saturated rings. The van der Waals surface area contributed by atoms with E-state index in [0.29, 0.717) is 45.1 Å². The minimum Gasteiger partial charge on any atom is -0.497 e. The van der Waals surface area contributed by atoms with Crippen LogP contribution in [0.1, 0.15) is 50.2 Å². The summed E-state index contributed by atoms with van der Waals surface area (Å²) in [6.45, 7) is 6.34. The Bertz CT molecular complexity index is 609. The zero-order valence-electron chi connectivity index (χ0n) is 16.7. The van der Waals surface area contributed by atoms with E-state index >= 15 is 0 Å². The van der Waals surface area contributed by atoms with Gasteiger partial charge in [-0.3, -0.25) is 9.59 Å². The summed E-state index contributed by atoms with van der Waals surface area (Å²) in [7, 11) is 1.68. The lowest BCUT2D eigenvalue weighted by Gasteiger charge is -2.25. The van der Waals surface area contributed by atoms with Gasteiger partial charge in [0.15, 0.2) is 0 Å². The van der Waals surface area contributed by atoms with E-state index in [9.17, 15) is 9.59 Å². The van der Waals surface area contributed by atoms with Crippen LogP contribution in [-0.4, -0.2) is 56.8 Å². The molecule has 1 aromatic carbocycles. The van der Waals surface area contributed by atoms with Gasteiger partial charge in [0.1, 0.15) is 5.75 Å². The van der Waals surface area contributed by atoms with E-state index in [0.717, 1.165) is 25.1 Å². The predicted octanol–water partition coefficient (Wildman–Crippen LogP) is 2.93. The van der Waals surface area contributed by atoms with Crippen LogP contribution in [0.25, 0.3) is 0 Å². The van der Waals surface area contributed by atoms with Crippen LogP contribution in [-0.2, 0) is 25.5 Å².